The Labute approximate surface area is 169 Å². The summed E-state index contributed by atoms with van der Waals surface area (Å²) in [6, 6.07) is 5.26. The van der Waals surface area contributed by atoms with Gasteiger partial charge in [-0.15, -0.1) is 0 Å². The quantitative estimate of drug-likeness (QED) is 0.521. The van der Waals surface area contributed by atoms with Gasteiger partial charge in [0, 0.05) is 22.8 Å². The maximum Gasteiger partial charge on any atom is 0.419 e. The third-order valence-corrected chi connectivity index (χ3v) is 5.64. The Morgan fingerprint density at radius 3 is 2.63 bits per heavy atom. The van der Waals surface area contributed by atoms with Crippen LogP contribution in [0.4, 0.5) is 23.2 Å². The topological polar surface area (TPSA) is 78.3 Å². The molecule has 0 saturated heterocycles. The van der Waals surface area contributed by atoms with E-state index in [2.05, 4.69) is 15.3 Å². The lowest BCUT2D eigenvalue weighted by Gasteiger charge is -2.45. The van der Waals surface area contributed by atoms with Crippen molar-refractivity contribution in [2.45, 2.75) is 44.0 Å². The van der Waals surface area contributed by atoms with E-state index in [1.54, 1.807) is 25.1 Å². The molecule has 1 aliphatic carbocycles. The summed E-state index contributed by atoms with van der Waals surface area (Å²) in [7, 11) is 0. The molecule has 1 aliphatic rings. The van der Waals surface area contributed by atoms with Crippen molar-refractivity contribution in [3.8, 4) is 5.75 Å². The molecule has 1 aromatic heterocycles. The lowest BCUT2D eigenvalue weighted by molar-refractivity contribution is -0.272. The Balaban J connectivity index is 1.92. The first-order valence-electron chi connectivity index (χ1n) is 9.32. The van der Waals surface area contributed by atoms with Crippen LogP contribution in [0.3, 0.4) is 0 Å². The largest absolute Gasteiger partial charge is 0.505 e. The van der Waals surface area contributed by atoms with Gasteiger partial charge in [-0.3, -0.25) is 0 Å². The van der Waals surface area contributed by atoms with Gasteiger partial charge in [0.05, 0.1) is 11.6 Å². The second kappa shape index (κ2) is 6.80. The predicted molar refractivity (Wildman–Crippen MR) is 103 cm³/mol. The van der Waals surface area contributed by atoms with Crippen molar-refractivity contribution in [3.63, 3.8) is 0 Å². The summed E-state index contributed by atoms with van der Waals surface area (Å²) in [5.41, 5.74) is -2.30. The number of aliphatic hydroxyl groups is 1. The first kappa shape index (κ1) is 20.3. The Morgan fingerprint density at radius 1 is 1.20 bits per heavy atom. The van der Waals surface area contributed by atoms with Crippen molar-refractivity contribution >= 4 is 16.6 Å². The van der Waals surface area contributed by atoms with Gasteiger partial charge in [-0.25, -0.2) is 14.4 Å². The van der Waals surface area contributed by atoms with E-state index in [-0.39, 0.29) is 16.8 Å². The van der Waals surface area contributed by atoms with Crippen LogP contribution in [-0.4, -0.2) is 32.0 Å². The first-order chi connectivity index (χ1) is 14.0. The third kappa shape index (κ3) is 3.04. The van der Waals surface area contributed by atoms with E-state index in [9.17, 15) is 27.8 Å². The molecule has 4 rings (SSSR count). The summed E-state index contributed by atoms with van der Waals surface area (Å²) < 4.78 is 56.1. The fourth-order valence-corrected chi connectivity index (χ4v) is 4.22. The van der Waals surface area contributed by atoms with Gasteiger partial charge in [-0.05, 0) is 43.0 Å². The van der Waals surface area contributed by atoms with Crippen molar-refractivity contribution in [2.24, 2.45) is 0 Å². The molecule has 30 heavy (non-hydrogen) atoms. The number of phenols is 1. The summed E-state index contributed by atoms with van der Waals surface area (Å²) in [5.74, 6) is -2.04. The van der Waals surface area contributed by atoms with Crippen LogP contribution < -0.4 is 5.32 Å². The molecule has 3 N–H and O–H groups in total. The molecule has 2 aromatic carbocycles. The van der Waals surface area contributed by atoms with Crippen molar-refractivity contribution in [1.29, 1.82) is 0 Å². The number of benzene rings is 2. The van der Waals surface area contributed by atoms with Gasteiger partial charge >= 0.3 is 6.18 Å². The minimum Gasteiger partial charge on any atom is -0.505 e. The van der Waals surface area contributed by atoms with Crippen LogP contribution in [0.25, 0.3) is 10.9 Å². The molecule has 9 heteroatoms. The number of aromatic nitrogens is 2. The van der Waals surface area contributed by atoms with Crippen LogP contribution in [0, 0.1) is 12.7 Å². The molecule has 0 amide bonds. The molecule has 0 bridgehead atoms. The van der Waals surface area contributed by atoms with Crippen LogP contribution in [-0.2, 0) is 0 Å². The zero-order valence-electron chi connectivity index (χ0n) is 16.1. The number of aryl methyl sites for hydroxylation is 1. The van der Waals surface area contributed by atoms with Gasteiger partial charge in [0.2, 0.25) is 0 Å². The number of halogens is 4. The number of aromatic hydroxyl groups is 1. The van der Waals surface area contributed by atoms with Crippen LogP contribution in [0.5, 0.6) is 5.75 Å². The molecule has 3 atom stereocenters. The average molecular weight is 421 g/mol. The molecule has 0 unspecified atom stereocenters. The summed E-state index contributed by atoms with van der Waals surface area (Å²) in [4.78, 5) is 8.37. The van der Waals surface area contributed by atoms with Crippen LogP contribution in [0.2, 0.25) is 0 Å². The number of anilines is 1. The molecule has 1 heterocycles. The van der Waals surface area contributed by atoms with E-state index >= 15 is 0 Å². The highest BCUT2D eigenvalue weighted by Crippen LogP contribution is 2.54. The lowest BCUT2D eigenvalue weighted by atomic mass is 9.70. The summed E-state index contributed by atoms with van der Waals surface area (Å²) >= 11 is 0. The van der Waals surface area contributed by atoms with E-state index in [0.29, 0.717) is 16.7 Å². The van der Waals surface area contributed by atoms with E-state index in [0.717, 1.165) is 6.07 Å². The predicted octanol–water partition coefficient (Wildman–Crippen LogP) is 4.74. The number of hydrogen-bond donors (Lipinski definition) is 3. The number of nitrogens with zero attached hydrogens (tertiary/aromatic N) is 2. The highest BCUT2D eigenvalue weighted by Gasteiger charge is 2.62. The fraction of sp³-hybridized carbons (Fsp3) is 0.333. The highest BCUT2D eigenvalue weighted by atomic mass is 19.4. The van der Waals surface area contributed by atoms with Crippen LogP contribution in [0.15, 0.2) is 36.5 Å². The molecular weight excluding hydrogens is 402 g/mol. The molecule has 0 saturated carbocycles. The van der Waals surface area contributed by atoms with E-state index < -0.39 is 41.7 Å². The second-order valence-corrected chi connectivity index (χ2v) is 7.66. The number of hydrogen-bond acceptors (Lipinski definition) is 5. The molecule has 158 valence electrons. The lowest BCUT2D eigenvalue weighted by Crippen LogP contribution is -2.55. The first-order valence-corrected chi connectivity index (χ1v) is 9.32. The Kier molecular flexibility index (Phi) is 4.61. The summed E-state index contributed by atoms with van der Waals surface area (Å²) in [5, 5.41) is 24.3. The molecule has 3 aromatic rings. The number of alkyl halides is 3. The second-order valence-electron chi connectivity index (χ2n) is 7.66. The van der Waals surface area contributed by atoms with Gasteiger partial charge in [0.15, 0.2) is 17.2 Å². The molecule has 0 fully saturated rings. The van der Waals surface area contributed by atoms with E-state index in [1.165, 1.54) is 19.2 Å². The third-order valence-electron chi connectivity index (χ3n) is 5.64. The molecule has 0 radical (unpaired) electrons. The monoisotopic (exact) mass is 421 g/mol. The molecular formula is C21H19F4N3O2. The zero-order valence-corrected chi connectivity index (χ0v) is 16.1. The zero-order chi connectivity index (χ0) is 21.8. The fourth-order valence-electron chi connectivity index (χ4n) is 4.22. The SMILES string of the molecule is Cc1ncc2c(N[C@H]3c4ccc(F)c(O)c4[C@@H](C)C[C@]3(O)C(F)(F)F)cccc2n1. The van der Waals surface area contributed by atoms with Gasteiger partial charge in [0.25, 0.3) is 0 Å². The van der Waals surface area contributed by atoms with Gasteiger partial charge in [-0.1, -0.05) is 19.1 Å². The molecule has 0 spiro atoms. The van der Waals surface area contributed by atoms with Gasteiger partial charge in [-0.2, -0.15) is 13.2 Å². The number of phenolic OH excluding ortho intramolecular Hbond substituents is 1. The Bertz CT molecular complexity index is 1140. The minimum atomic E-state index is -4.97. The highest BCUT2D eigenvalue weighted by molar-refractivity contribution is 5.91. The van der Waals surface area contributed by atoms with Gasteiger partial charge < -0.3 is 15.5 Å². The molecule has 5 nitrogen and oxygen atoms in total. The van der Waals surface area contributed by atoms with Crippen molar-refractivity contribution in [2.75, 3.05) is 5.32 Å². The maximum atomic E-state index is 14.0. The maximum absolute atomic E-state index is 14.0. The van der Waals surface area contributed by atoms with Crippen LogP contribution >= 0.6 is 0 Å². The smallest absolute Gasteiger partial charge is 0.419 e. The van der Waals surface area contributed by atoms with Crippen molar-refractivity contribution in [1.82, 2.24) is 9.97 Å². The molecule has 0 aliphatic heterocycles. The normalized spacial score (nSPS) is 24.0. The number of rotatable bonds is 2. The van der Waals surface area contributed by atoms with E-state index in [4.69, 9.17) is 0 Å². The average Bonchev–Trinajstić information content (AvgIpc) is 2.66. The van der Waals surface area contributed by atoms with Crippen LogP contribution in [0.1, 0.15) is 42.3 Å². The standard InChI is InChI=1S/C21H19F4N3O2/c1-10-8-20(30,21(23,24)25)19(12-6-7-14(22)18(29)17(10)12)28-16-5-3-4-15-13(16)9-26-11(2)27-15/h3-7,9-10,19,28-30H,8H2,1-2H3/t10-,19-,20+/m0/s1. The number of nitrogens with one attached hydrogen (secondary N) is 1. The Morgan fingerprint density at radius 2 is 1.93 bits per heavy atom. The van der Waals surface area contributed by atoms with Gasteiger partial charge in [0.1, 0.15) is 5.82 Å². The van der Waals surface area contributed by atoms with E-state index in [1.807, 2.05) is 0 Å². The van der Waals surface area contributed by atoms with Crippen molar-refractivity contribution < 1.29 is 27.8 Å². The Hall–Kier alpha value is -2.94. The summed E-state index contributed by atoms with van der Waals surface area (Å²) in [6.45, 7) is 3.11. The number of fused-ring (bicyclic) bond motifs is 2. The van der Waals surface area contributed by atoms with Crippen molar-refractivity contribution in [3.05, 3.63) is 59.3 Å². The minimum absolute atomic E-state index is 0.0162. The summed E-state index contributed by atoms with van der Waals surface area (Å²) in [6.07, 6.45) is -4.22.